The van der Waals surface area contributed by atoms with Crippen molar-refractivity contribution in [3.63, 3.8) is 0 Å². The van der Waals surface area contributed by atoms with Crippen molar-refractivity contribution in [1.29, 1.82) is 0 Å². The van der Waals surface area contributed by atoms with E-state index in [1.807, 2.05) is 0 Å². The van der Waals surface area contributed by atoms with Gasteiger partial charge in [0.15, 0.2) is 0 Å². The summed E-state index contributed by atoms with van der Waals surface area (Å²) in [5, 5.41) is 12.4. The van der Waals surface area contributed by atoms with E-state index in [0.717, 1.165) is 32.2 Å². The fourth-order valence-corrected chi connectivity index (χ4v) is 1.79. The lowest BCUT2D eigenvalue weighted by molar-refractivity contribution is -0.119. The second kappa shape index (κ2) is 5.32. The second-order valence-corrected chi connectivity index (χ2v) is 4.21. The van der Waals surface area contributed by atoms with Gasteiger partial charge in [0, 0.05) is 0 Å². The van der Waals surface area contributed by atoms with E-state index in [0.29, 0.717) is 5.92 Å². The largest absolute Gasteiger partial charge is 0.393 e. The summed E-state index contributed by atoms with van der Waals surface area (Å²) in [6.45, 7) is 2.61. The molecule has 4 nitrogen and oxygen atoms in total. The highest BCUT2D eigenvalue weighted by atomic mass is 16.3. The predicted molar refractivity (Wildman–Crippen MR) is 54.6 cm³/mol. The third-order valence-electron chi connectivity index (χ3n) is 2.96. The average Bonchev–Trinajstić information content (AvgIpc) is 2.16. The Hall–Kier alpha value is -0.610. The molecule has 0 heterocycles. The summed E-state index contributed by atoms with van der Waals surface area (Å²) >= 11 is 0. The SMILES string of the molecule is CC(NCC1CCC(O)CC1)C(N)=O. The van der Waals surface area contributed by atoms with Gasteiger partial charge in [0.2, 0.25) is 5.91 Å². The number of hydrogen-bond acceptors (Lipinski definition) is 3. The molecule has 1 unspecified atom stereocenters. The van der Waals surface area contributed by atoms with Crippen molar-refractivity contribution in [2.24, 2.45) is 11.7 Å². The number of nitrogens with two attached hydrogens (primary N) is 1. The number of carbonyl (C=O) groups excluding carboxylic acids is 1. The van der Waals surface area contributed by atoms with Gasteiger partial charge < -0.3 is 16.2 Å². The molecule has 0 aliphatic heterocycles. The third-order valence-corrected chi connectivity index (χ3v) is 2.96. The van der Waals surface area contributed by atoms with Gasteiger partial charge in [0.05, 0.1) is 12.1 Å². The zero-order chi connectivity index (χ0) is 10.6. The lowest BCUT2D eigenvalue weighted by Crippen LogP contribution is -2.41. The summed E-state index contributed by atoms with van der Waals surface area (Å²) in [4.78, 5) is 10.7. The summed E-state index contributed by atoms with van der Waals surface area (Å²) in [6.07, 6.45) is 3.74. The highest BCUT2D eigenvalue weighted by Gasteiger charge is 2.20. The maximum atomic E-state index is 10.7. The van der Waals surface area contributed by atoms with Crippen molar-refractivity contribution in [2.75, 3.05) is 6.54 Å². The van der Waals surface area contributed by atoms with E-state index >= 15 is 0 Å². The molecule has 0 spiro atoms. The standard InChI is InChI=1S/C10H20N2O2/c1-7(10(11)14)12-6-8-2-4-9(13)5-3-8/h7-9,12-13H,2-6H2,1H3,(H2,11,14). The Kier molecular flexibility index (Phi) is 4.35. The molecule has 1 fully saturated rings. The molecule has 82 valence electrons. The highest BCUT2D eigenvalue weighted by molar-refractivity contribution is 5.79. The zero-order valence-corrected chi connectivity index (χ0v) is 8.70. The molecule has 0 aromatic heterocycles. The number of amides is 1. The number of primary amides is 1. The minimum absolute atomic E-state index is 0.111. The quantitative estimate of drug-likeness (QED) is 0.598. The van der Waals surface area contributed by atoms with Gasteiger partial charge in [-0.2, -0.15) is 0 Å². The molecule has 4 N–H and O–H groups in total. The maximum absolute atomic E-state index is 10.7. The number of hydrogen-bond donors (Lipinski definition) is 3. The van der Waals surface area contributed by atoms with E-state index in [1.165, 1.54) is 0 Å². The summed E-state index contributed by atoms with van der Waals surface area (Å²) < 4.78 is 0. The molecule has 14 heavy (non-hydrogen) atoms. The first kappa shape index (κ1) is 11.5. The van der Waals surface area contributed by atoms with Crippen LogP contribution >= 0.6 is 0 Å². The molecule has 1 rings (SSSR count). The molecule has 4 heteroatoms. The van der Waals surface area contributed by atoms with Gasteiger partial charge >= 0.3 is 0 Å². The smallest absolute Gasteiger partial charge is 0.234 e. The van der Waals surface area contributed by atoms with E-state index in [1.54, 1.807) is 6.92 Å². The summed E-state index contributed by atoms with van der Waals surface area (Å²) in [7, 11) is 0. The van der Waals surface area contributed by atoms with Crippen LogP contribution in [0.3, 0.4) is 0 Å². The molecule has 1 aliphatic rings. The third kappa shape index (κ3) is 3.64. The van der Waals surface area contributed by atoms with E-state index in [4.69, 9.17) is 5.73 Å². The lowest BCUT2D eigenvalue weighted by atomic mass is 9.87. The topological polar surface area (TPSA) is 75.3 Å². The van der Waals surface area contributed by atoms with Gasteiger partial charge in [-0.05, 0) is 45.1 Å². The number of rotatable bonds is 4. The Morgan fingerprint density at radius 2 is 2.07 bits per heavy atom. The normalized spacial score (nSPS) is 29.9. The average molecular weight is 200 g/mol. The van der Waals surface area contributed by atoms with Crippen molar-refractivity contribution in [3.05, 3.63) is 0 Å². The Morgan fingerprint density at radius 1 is 1.50 bits per heavy atom. The van der Waals surface area contributed by atoms with Gasteiger partial charge in [-0.15, -0.1) is 0 Å². The minimum Gasteiger partial charge on any atom is -0.393 e. The van der Waals surface area contributed by atoms with Gasteiger partial charge in [-0.1, -0.05) is 0 Å². The van der Waals surface area contributed by atoms with Crippen LogP contribution in [0, 0.1) is 5.92 Å². The second-order valence-electron chi connectivity index (χ2n) is 4.21. The molecule has 1 saturated carbocycles. The Labute approximate surface area is 84.9 Å². The van der Waals surface area contributed by atoms with Crippen molar-refractivity contribution in [1.82, 2.24) is 5.32 Å². The first-order chi connectivity index (χ1) is 6.59. The van der Waals surface area contributed by atoms with Gasteiger partial charge in [0.1, 0.15) is 0 Å². The van der Waals surface area contributed by atoms with Crippen LogP contribution in [0.4, 0.5) is 0 Å². The number of nitrogens with one attached hydrogen (secondary N) is 1. The van der Waals surface area contributed by atoms with Crippen molar-refractivity contribution in [2.45, 2.75) is 44.8 Å². The fourth-order valence-electron chi connectivity index (χ4n) is 1.79. The van der Waals surface area contributed by atoms with E-state index in [-0.39, 0.29) is 18.1 Å². The van der Waals surface area contributed by atoms with Crippen LogP contribution in [0.5, 0.6) is 0 Å². The van der Waals surface area contributed by atoms with Crippen molar-refractivity contribution >= 4 is 5.91 Å². The summed E-state index contributed by atoms with van der Waals surface area (Å²) in [5.74, 6) is 0.279. The first-order valence-corrected chi connectivity index (χ1v) is 5.30. The minimum atomic E-state index is -0.305. The molecule has 1 atom stereocenters. The Morgan fingerprint density at radius 3 is 2.57 bits per heavy atom. The predicted octanol–water partition coefficient (Wildman–Crippen LogP) is 0.000900. The van der Waals surface area contributed by atoms with Crippen LogP contribution in [-0.2, 0) is 4.79 Å². The van der Waals surface area contributed by atoms with Gasteiger partial charge in [0.25, 0.3) is 0 Å². The Balaban J connectivity index is 2.16. The van der Waals surface area contributed by atoms with Gasteiger partial charge in [-0.25, -0.2) is 0 Å². The fraction of sp³-hybridized carbons (Fsp3) is 0.900. The van der Waals surface area contributed by atoms with Crippen LogP contribution in [0.2, 0.25) is 0 Å². The van der Waals surface area contributed by atoms with E-state index in [9.17, 15) is 9.90 Å². The van der Waals surface area contributed by atoms with Crippen molar-refractivity contribution < 1.29 is 9.90 Å². The van der Waals surface area contributed by atoms with E-state index in [2.05, 4.69) is 5.32 Å². The molecule has 0 aromatic carbocycles. The molecule has 1 amide bonds. The Bertz CT molecular complexity index is 189. The molecule has 0 aromatic rings. The molecule has 0 saturated heterocycles. The monoisotopic (exact) mass is 200 g/mol. The van der Waals surface area contributed by atoms with Crippen LogP contribution < -0.4 is 11.1 Å². The maximum Gasteiger partial charge on any atom is 0.234 e. The molecular weight excluding hydrogens is 180 g/mol. The van der Waals surface area contributed by atoms with Crippen molar-refractivity contribution in [3.8, 4) is 0 Å². The van der Waals surface area contributed by atoms with Crippen LogP contribution in [0.25, 0.3) is 0 Å². The lowest BCUT2D eigenvalue weighted by Gasteiger charge is -2.26. The molecule has 0 bridgehead atoms. The zero-order valence-electron chi connectivity index (χ0n) is 8.70. The van der Waals surface area contributed by atoms with Crippen LogP contribution in [0.1, 0.15) is 32.6 Å². The number of aliphatic hydroxyl groups is 1. The van der Waals surface area contributed by atoms with E-state index < -0.39 is 0 Å². The van der Waals surface area contributed by atoms with Gasteiger partial charge in [-0.3, -0.25) is 4.79 Å². The number of carbonyl (C=O) groups is 1. The molecule has 1 aliphatic carbocycles. The van der Waals surface area contributed by atoms with Crippen LogP contribution in [0.15, 0.2) is 0 Å². The number of aliphatic hydroxyl groups excluding tert-OH is 1. The first-order valence-electron chi connectivity index (χ1n) is 5.30. The molecule has 0 radical (unpaired) electrons. The molecular formula is C10H20N2O2. The highest BCUT2D eigenvalue weighted by Crippen LogP contribution is 2.23. The van der Waals surface area contributed by atoms with Crippen LogP contribution in [-0.4, -0.2) is 29.7 Å². The summed E-state index contributed by atoms with van der Waals surface area (Å²) in [6, 6.07) is -0.248. The summed E-state index contributed by atoms with van der Waals surface area (Å²) in [5.41, 5.74) is 5.13.